The fourth-order valence-corrected chi connectivity index (χ4v) is 1.89. The molecule has 0 atom stereocenters. The number of ether oxygens (including phenoxy) is 3. The van der Waals surface area contributed by atoms with Gasteiger partial charge in [-0.3, -0.25) is 4.79 Å². The van der Waals surface area contributed by atoms with Crippen LogP contribution in [0.4, 0.5) is 5.69 Å². The molecule has 22 heavy (non-hydrogen) atoms. The summed E-state index contributed by atoms with van der Waals surface area (Å²) in [4.78, 5) is 11.9. The Bertz CT molecular complexity index is 643. The number of hydrogen-bond acceptors (Lipinski definition) is 4. The van der Waals surface area contributed by atoms with Crippen LogP contribution in [0.25, 0.3) is 0 Å². The van der Waals surface area contributed by atoms with Gasteiger partial charge >= 0.3 is 0 Å². The van der Waals surface area contributed by atoms with E-state index in [1.807, 2.05) is 0 Å². The molecule has 0 bridgehead atoms. The molecule has 5 nitrogen and oxygen atoms in total. The molecule has 2 rings (SSSR count). The summed E-state index contributed by atoms with van der Waals surface area (Å²) < 4.78 is 15.7. The van der Waals surface area contributed by atoms with Crippen LogP contribution in [0.15, 0.2) is 42.5 Å². The van der Waals surface area contributed by atoms with E-state index in [1.54, 1.807) is 49.6 Å². The number of carbonyl (C=O) groups is 1. The zero-order chi connectivity index (χ0) is 15.9. The lowest BCUT2D eigenvalue weighted by Gasteiger charge is -2.12. The molecule has 0 saturated carbocycles. The van der Waals surface area contributed by atoms with E-state index < -0.39 is 0 Å². The summed E-state index contributed by atoms with van der Waals surface area (Å²) in [7, 11) is 3.08. The van der Waals surface area contributed by atoms with E-state index >= 15 is 0 Å². The Balaban J connectivity index is 1.95. The van der Waals surface area contributed by atoms with Crippen LogP contribution in [-0.2, 0) is 4.79 Å². The Morgan fingerprint density at radius 2 is 1.73 bits per heavy atom. The number of carbonyl (C=O) groups excluding carboxylic acids is 1. The maximum Gasteiger partial charge on any atom is 0.262 e. The Morgan fingerprint density at radius 1 is 1.05 bits per heavy atom. The maximum absolute atomic E-state index is 11.9. The van der Waals surface area contributed by atoms with Gasteiger partial charge in [0, 0.05) is 11.1 Å². The van der Waals surface area contributed by atoms with Crippen LogP contribution in [0.3, 0.4) is 0 Å². The predicted octanol–water partition coefficient (Wildman–Crippen LogP) is 3.37. The molecule has 6 heteroatoms. The van der Waals surface area contributed by atoms with Gasteiger partial charge in [0.25, 0.3) is 5.91 Å². The molecule has 0 aromatic heterocycles. The second-order valence-electron chi connectivity index (χ2n) is 4.36. The van der Waals surface area contributed by atoms with Gasteiger partial charge in [0.05, 0.1) is 19.9 Å². The highest BCUT2D eigenvalue weighted by Gasteiger charge is 2.09. The van der Waals surface area contributed by atoms with Gasteiger partial charge in [0.1, 0.15) is 17.2 Å². The molecule has 0 radical (unpaired) electrons. The first-order valence-electron chi connectivity index (χ1n) is 6.52. The van der Waals surface area contributed by atoms with E-state index in [0.717, 1.165) is 0 Å². The first-order chi connectivity index (χ1) is 10.6. The number of hydrogen-bond donors (Lipinski definition) is 1. The molecule has 0 fully saturated rings. The smallest absolute Gasteiger partial charge is 0.262 e. The summed E-state index contributed by atoms with van der Waals surface area (Å²) in [5.74, 6) is 1.44. The fourth-order valence-electron chi connectivity index (χ4n) is 1.77. The lowest BCUT2D eigenvalue weighted by atomic mass is 10.2. The number of methoxy groups -OCH3 is 2. The van der Waals surface area contributed by atoms with Crippen molar-refractivity contribution < 1.29 is 19.0 Å². The number of benzene rings is 2. The van der Waals surface area contributed by atoms with Crippen molar-refractivity contribution in [1.29, 1.82) is 0 Å². The zero-order valence-electron chi connectivity index (χ0n) is 12.3. The molecule has 0 saturated heterocycles. The van der Waals surface area contributed by atoms with Gasteiger partial charge in [-0.1, -0.05) is 11.6 Å². The van der Waals surface area contributed by atoms with Crippen LogP contribution >= 0.6 is 11.6 Å². The van der Waals surface area contributed by atoms with Crippen molar-refractivity contribution in [3.05, 3.63) is 47.5 Å². The highest BCUT2D eigenvalue weighted by atomic mass is 35.5. The monoisotopic (exact) mass is 321 g/mol. The average molecular weight is 322 g/mol. The molecule has 0 heterocycles. The number of amides is 1. The average Bonchev–Trinajstić information content (AvgIpc) is 2.54. The summed E-state index contributed by atoms with van der Waals surface area (Å²) in [6.45, 7) is -0.114. The molecule has 1 N–H and O–H groups in total. The lowest BCUT2D eigenvalue weighted by molar-refractivity contribution is -0.118. The van der Waals surface area contributed by atoms with Gasteiger partial charge in [-0.05, 0) is 36.4 Å². The molecule has 2 aromatic rings. The maximum atomic E-state index is 11.9. The normalized spacial score (nSPS) is 9.95. The Morgan fingerprint density at radius 3 is 2.36 bits per heavy atom. The molecule has 2 aromatic carbocycles. The second-order valence-corrected chi connectivity index (χ2v) is 4.79. The second kappa shape index (κ2) is 7.56. The Labute approximate surface area is 133 Å². The summed E-state index contributed by atoms with van der Waals surface area (Å²) >= 11 is 5.78. The number of rotatable bonds is 6. The van der Waals surface area contributed by atoms with E-state index in [1.165, 1.54) is 7.11 Å². The third kappa shape index (κ3) is 4.30. The van der Waals surface area contributed by atoms with Gasteiger partial charge in [-0.2, -0.15) is 0 Å². The van der Waals surface area contributed by atoms with Crippen molar-refractivity contribution in [2.24, 2.45) is 0 Å². The van der Waals surface area contributed by atoms with E-state index in [2.05, 4.69) is 5.32 Å². The van der Waals surface area contributed by atoms with E-state index in [4.69, 9.17) is 25.8 Å². The molecule has 0 aliphatic heterocycles. The van der Waals surface area contributed by atoms with Crippen LogP contribution in [0.1, 0.15) is 0 Å². The van der Waals surface area contributed by atoms with Crippen molar-refractivity contribution in [1.82, 2.24) is 0 Å². The molecule has 0 aliphatic carbocycles. The van der Waals surface area contributed by atoms with Gasteiger partial charge in [0.15, 0.2) is 6.61 Å². The standard InChI is InChI=1S/C16H16ClNO4/c1-20-13-7-8-14(15(9-13)21-2)18-16(19)10-22-12-5-3-11(17)4-6-12/h3-9H,10H2,1-2H3,(H,18,19). The minimum atomic E-state index is -0.293. The zero-order valence-corrected chi connectivity index (χ0v) is 13.0. The Hall–Kier alpha value is -2.40. The summed E-state index contributed by atoms with van der Waals surface area (Å²) in [6, 6.07) is 11.9. The lowest BCUT2D eigenvalue weighted by Crippen LogP contribution is -2.20. The molecular formula is C16H16ClNO4. The first kappa shape index (κ1) is 16.0. The van der Waals surface area contributed by atoms with E-state index in [0.29, 0.717) is 28.0 Å². The van der Waals surface area contributed by atoms with Crippen LogP contribution in [0.2, 0.25) is 5.02 Å². The molecular weight excluding hydrogens is 306 g/mol. The number of nitrogens with one attached hydrogen (secondary N) is 1. The predicted molar refractivity (Wildman–Crippen MR) is 85.1 cm³/mol. The van der Waals surface area contributed by atoms with Gasteiger partial charge in [0.2, 0.25) is 0 Å². The molecule has 0 spiro atoms. The number of halogens is 1. The van der Waals surface area contributed by atoms with Crippen molar-refractivity contribution in [2.75, 3.05) is 26.1 Å². The number of anilines is 1. The summed E-state index contributed by atoms with van der Waals surface area (Å²) in [6.07, 6.45) is 0. The van der Waals surface area contributed by atoms with Crippen molar-refractivity contribution in [2.45, 2.75) is 0 Å². The third-order valence-electron chi connectivity index (χ3n) is 2.87. The SMILES string of the molecule is COc1ccc(NC(=O)COc2ccc(Cl)cc2)c(OC)c1. The third-order valence-corrected chi connectivity index (χ3v) is 3.12. The van der Waals surface area contributed by atoms with Crippen molar-refractivity contribution >= 4 is 23.2 Å². The first-order valence-corrected chi connectivity index (χ1v) is 6.90. The highest BCUT2D eigenvalue weighted by Crippen LogP contribution is 2.28. The minimum Gasteiger partial charge on any atom is -0.497 e. The summed E-state index contributed by atoms with van der Waals surface area (Å²) in [5, 5.41) is 3.33. The van der Waals surface area contributed by atoms with E-state index in [-0.39, 0.29) is 12.5 Å². The summed E-state index contributed by atoms with van der Waals surface area (Å²) in [5.41, 5.74) is 0.549. The largest absolute Gasteiger partial charge is 0.497 e. The minimum absolute atomic E-state index is 0.114. The van der Waals surface area contributed by atoms with Gasteiger partial charge in [-0.15, -0.1) is 0 Å². The van der Waals surface area contributed by atoms with E-state index in [9.17, 15) is 4.79 Å². The van der Waals surface area contributed by atoms with Crippen molar-refractivity contribution in [3.63, 3.8) is 0 Å². The van der Waals surface area contributed by atoms with Crippen molar-refractivity contribution in [3.8, 4) is 17.2 Å². The van der Waals surface area contributed by atoms with Gasteiger partial charge in [-0.25, -0.2) is 0 Å². The topological polar surface area (TPSA) is 56.8 Å². The van der Waals surface area contributed by atoms with Crippen LogP contribution in [0.5, 0.6) is 17.2 Å². The van der Waals surface area contributed by atoms with Crippen LogP contribution < -0.4 is 19.5 Å². The quantitative estimate of drug-likeness (QED) is 0.886. The van der Waals surface area contributed by atoms with Crippen LogP contribution in [0, 0.1) is 0 Å². The molecule has 116 valence electrons. The van der Waals surface area contributed by atoms with Gasteiger partial charge < -0.3 is 19.5 Å². The fraction of sp³-hybridized carbons (Fsp3) is 0.188. The highest BCUT2D eigenvalue weighted by molar-refractivity contribution is 6.30. The van der Waals surface area contributed by atoms with Crippen LogP contribution in [-0.4, -0.2) is 26.7 Å². The molecule has 0 aliphatic rings. The Kier molecular flexibility index (Phi) is 5.49. The molecule has 0 unspecified atom stereocenters. The molecule has 1 amide bonds.